The van der Waals surface area contributed by atoms with Gasteiger partial charge in [0.15, 0.2) is 11.5 Å². The second kappa shape index (κ2) is 5.69. The SMILES string of the molecule is CNc1nccc(Oc2ccc(C#N)cc2OC)n1. The molecule has 1 heterocycles. The van der Waals surface area contributed by atoms with Crippen molar-refractivity contribution >= 4 is 5.95 Å². The van der Waals surface area contributed by atoms with E-state index >= 15 is 0 Å². The summed E-state index contributed by atoms with van der Waals surface area (Å²) in [5, 5.41) is 11.7. The minimum Gasteiger partial charge on any atom is -0.493 e. The van der Waals surface area contributed by atoms with E-state index in [0.717, 1.165) is 0 Å². The summed E-state index contributed by atoms with van der Waals surface area (Å²) in [7, 11) is 3.24. The number of rotatable bonds is 4. The molecule has 0 saturated heterocycles. The number of methoxy groups -OCH3 is 1. The lowest BCUT2D eigenvalue weighted by Crippen LogP contribution is -1.98. The van der Waals surface area contributed by atoms with Gasteiger partial charge in [-0.3, -0.25) is 0 Å². The predicted molar refractivity (Wildman–Crippen MR) is 69.4 cm³/mol. The molecule has 1 aromatic heterocycles. The fraction of sp³-hybridized carbons (Fsp3) is 0.154. The Hall–Kier alpha value is -2.81. The monoisotopic (exact) mass is 256 g/mol. The maximum atomic E-state index is 8.83. The molecular formula is C13H12N4O2. The predicted octanol–water partition coefficient (Wildman–Crippen LogP) is 2.19. The smallest absolute Gasteiger partial charge is 0.225 e. The molecule has 0 amide bonds. The van der Waals surface area contributed by atoms with Crippen LogP contribution in [0.4, 0.5) is 5.95 Å². The zero-order chi connectivity index (χ0) is 13.7. The highest BCUT2D eigenvalue weighted by Gasteiger charge is 2.08. The molecule has 6 heteroatoms. The molecule has 0 radical (unpaired) electrons. The Morgan fingerprint density at radius 3 is 2.79 bits per heavy atom. The van der Waals surface area contributed by atoms with E-state index in [1.165, 1.54) is 7.11 Å². The molecule has 0 spiro atoms. The molecular weight excluding hydrogens is 244 g/mol. The molecule has 19 heavy (non-hydrogen) atoms. The number of hydrogen-bond acceptors (Lipinski definition) is 6. The van der Waals surface area contributed by atoms with E-state index in [2.05, 4.69) is 15.3 Å². The summed E-state index contributed by atoms with van der Waals surface area (Å²) in [5.74, 6) is 1.82. The van der Waals surface area contributed by atoms with Gasteiger partial charge in [-0.15, -0.1) is 0 Å². The summed E-state index contributed by atoms with van der Waals surface area (Å²) in [6, 6.07) is 8.60. The number of hydrogen-bond donors (Lipinski definition) is 1. The Bertz CT molecular complexity index is 622. The van der Waals surface area contributed by atoms with Crippen LogP contribution in [0.3, 0.4) is 0 Å². The van der Waals surface area contributed by atoms with Gasteiger partial charge in [0.2, 0.25) is 11.8 Å². The molecule has 0 saturated carbocycles. The lowest BCUT2D eigenvalue weighted by Gasteiger charge is -2.10. The Kier molecular flexibility index (Phi) is 3.78. The summed E-state index contributed by atoms with van der Waals surface area (Å²) >= 11 is 0. The van der Waals surface area contributed by atoms with Crippen molar-refractivity contribution in [3.05, 3.63) is 36.0 Å². The molecule has 0 aliphatic carbocycles. The van der Waals surface area contributed by atoms with Crippen molar-refractivity contribution < 1.29 is 9.47 Å². The van der Waals surface area contributed by atoms with Crippen molar-refractivity contribution in [1.29, 1.82) is 5.26 Å². The third-order valence-electron chi connectivity index (χ3n) is 2.36. The normalized spacial score (nSPS) is 9.53. The number of aromatic nitrogens is 2. The Labute approximate surface area is 110 Å². The first-order chi connectivity index (χ1) is 9.26. The molecule has 0 unspecified atom stereocenters. The molecule has 0 fully saturated rings. The van der Waals surface area contributed by atoms with E-state index in [1.54, 1.807) is 37.5 Å². The number of nitrogens with one attached hydrogen (secondary N) is 1. The first-order valence-corrected chi connectivity index (χ1v) is 5.53. The van der Waals surface area contributed by atoms with Crippen molar-refractivity contribution in [2.24, 2.45) is 0 Å². The van der Waals surface area contributed by atoms with Gasteiger partial charge in [0.1, 0.15) is 0 Å². The number of ether oxygens (including phenoxy) is 2. The third kappa shape index (κ3) is 2.90. The van der Waals surface area contributed by atoms with Gasteiger partial charge in [0.25, 0.3) is 0 Å². The van der Waals surface area contributed by atoms with Gasteiger partial charge in [0, 0.05) is 25.4 Å². The first kappa shape index (κ1) is 12.6. The zero-order valence-electron chi connectivity index (χ0n) is 10.5. The van der Waals surface area contributed by atoms with Crippen LogP contribution >= 0.6 is 0 Å². The minimum absolute atomic E-state index is 0.391. The second-order valence-electron chi connectivity index (χ2n) is 3.55. The van der Waals surface area contributed by atoms with Crippen molar-refractivity contribution in [1.82, 2.24) is 9.97 Å². The van der Waals surface area contributed by atoms with E-state index in [9.17, 15) is 0 Å². The molecule has 0 aliphatic heterocycles. The number of benzene rings is 1. The first-order valence-electron chi connectivity index (χ1n) is 5.53. The van der Waals surface area contributed by atoms with Crippen LogP contribution < -0.4 is 14.8 Å². The summed E-state index contributed by atoms with van der Waals surface area (Å²) < 4.78 is 10.8. The van der Waals surface area contributed by atoms with Crippen LogP contribution in [0.2, 0.25) is 0 Å². The lowest BCUT2D eigenvalue weighted by molar-refractivity contribution is 0.374. The highest BCUT2D eigenvalue weighted by atomic mass is 16.5. The highest BCUT2D eigenvalue weighted by Crippen LogP contribution is 2.31. The van der Waals surface area contributed by atoms with Crippen molar-refractivity contribution in [3.63, 3.8) is 0 Å². The van der Waals surface area contributed by atoms with Crippen LogP contribution in [0, 0.1) is 11.3 Å². The van der Waals surface area contributed by atoms with E-state index < -0.39 is 0 Å². The van der Waals surface area contributed by atoms with Gasteiger partial charge in [0.05, 0.1) is 18.7 Å². The number of anilines is 1. The average Bonchev–Trinajstić information content (AvgIpc) is 2.48. The van der Waals surface area contributed by atoms with E-state index in [0.29, 0.717) is 28.9 Å². The van der Waals surface area contributed by atoms with Gasteiger partial charge in [-0.05, 0) is 12.1 Å². The molecule has 2 rings (SSSR count). The summed E-state index contributed by atoms with van der Waals surface area (Å²) in [5.41, 5.74) is 0.503. The van der Waals surface area contributed by atoms with Crippen LogP contribution in [0.25, 0.3) is 0 Å². The van der Waals surface area contributed by atoms with E-state index in [4.69, 9.17) is 14.7 Å². The van der Waals surface area contributed by atoms with Crippen LogP contribution in [-0.4, -0.2) is 24.1 Å². The molecule has 0 atom stereocenters. The molecule has 0 aliphatic rings. The van der Waals surface area contributed by atoms with Gasteiger partial charge < -0.3 is 14.8 Å². The molecule has 1 aromatic carbocycles. The van der Waals surface area contributed by atoms with Crippen LogP contribution in [0.1, 0.15) is 5.56 Å². The quantitative estimate of drug-likeness (QED) is 0.903. The fourth-order valence-corrected chi connectivity index (χ4v) is 1.45. The second-order valence-corrected chi connectivity index (χ2v) is 3.55. The fourth-order valence-electron chi connectivity index (χ4n) is 1.45. The number of nitriles is 1. The van der Waals surface area contributed by atoms with Crippen molar-refractivity contribution in [2.45, 2.75) is 0 Å². The largest absolute Gasteiger partial charge is 0.493 e. The summed E-state index contributed by atoms with van der Waals surface area (Å²) in [6.07, 6.45) is 1.59. The molecule has 0 bridgehead atoms. The Balaban J connectivity index is 2.30. The Morgan fingerprint density at radius 1 is 1.26 bits per heavy atom. The van der Waals surface area contributed by atoms with E-state index in [1.807, 2.05) is 6.07 Å². The molecule has 1 N–H and O–H groups in total. The Morgan fingerprint density at radius 2 is 2.11 bits per heavy atom. The van der Waals surface area contributed by atoms with Crippen LogP contribution in [0.5, 0.6) is 17.4 Å². The van der Waals surface area contributed by atoms with Crippen LogP contribution in [0.15, 0.2) is 30.5 Å². The minimum atomic E-state index is 0.391. The van der Waals surface area contributed by atoms with Crippen LogP contribution in [-0.2, 0) is 0 Å². The zero-order valence-corrected chi connectivity index (χ0v) is 10.5. The van der Waals surface area contributed by atoms with Gasteiger partial charge in [-0.25, -0.2) is 4.98 Å². The third-order valence-corrected chi connectivity index (χ3v) is 2.36. The summed E-state index contributed by atoms with van der Waals surface area (Å²) in [4.78, 5) is 8.13. The number of nitrogens with zero attached hydrogens (tertiary/aromatic N) is 3. The van der Waals surface area contributed by atoms with E-state index in [-0.39, 0.29) is 0 Å². The van der Waals surface area contributed by atoms with Gasteiger partial charge >= 0.3 is 0 Å². The topological polar surface area (TPSA) is 80.1 Å². The molecule has 96 valence electrons. The van der Waals surface area contributed by atoms with Gasteiger partial charge in [-0.1, -0.05) is 0 Å². The molecule has 6 nitrogen and oxygen atoms in total. The summed E-state index contributed by atoms with van der Waals surface area (Å²) in [6.45, 7) is 0. The molecule has 2 aromatic rings. The lowest BCUT2D eigenvalue weighted by atomic mass is 10.2. The van der Waals surface area contributed by atoms with Gasteiger partial charge in [-0.2, -0.15) is 10.2 Å². The standard InChI is InChI=1S/C13H12N4O2/c1-15-13-16-6-5-12(17-13)19-10-4-3-9(8-14)7-11(10)18-2/h3-7H,1-2H3,(H,15,16,17). The maximum Gasteiger partial charge on any atom is 0.225 e. The maximum absolute atomic E-state index is 8.83. The highest BCUT2D eigenvalue weighted by molar-refractivity contribution is 5.48. The van der Waals surface area contributed by atoms with Crippen molar-refractivity contribution in [2.75, 3.05) is 19.5 Å². The van der Waals surface area contributed by atoms with Crippen molar-refractivity contribution in [3.8, 4) is 23.4 Å². The average molecular weight is 256 g/mol.